The number of hydrogen-bond donors (Lipinski definition) is 1. The summed E-state index contributed by atoms with van der Waals surface area (Å²) in [6.07, 6.45) is 1.89. The second-order valence-electron chi connectivity index (χ2n) is 5.91. The summed E-state index contributed by atoms with van der Waals surface area (Å²) < 4.78 is 16.2. The molecule has 26 heavy (non-hydrogen) atoms. The Morgan fingerprint density at radius 2 is 1.77 bits per heavy atom. The Kier molecular flexibility index (Phi) is 7.80. The smallest absolute Gasteiger partial charge is 0.220 e. The van der Waals surface area contributed by atoms with Gasteiger partial charge >= 0.3 is 0 Å². The normalized spacial score (nSPS) is 11.5. The van der Waals surface area contributed by atoms with Crippen LogP contribution in [0.15, 0.2) is 48.5 Å². The van der Waals surface area contributed by atoms with Gasteiger partial charge in [-0.1, -0.05) is 31.2 Å². The molecule has 0 spiro atoms. The first-order chi connectivity index (χ1) is 12.7. The topological polar surface area (TPSA) is 56.8 Å². The number of carbonyl (C=O) groups excluding carboxylic acids is 1. The van der Waals surface area contributed by atoms with Gasteiger partial charge in [-0.3, -0.25) is 4.79 Å². The number of carbonyl (C=O) groups is 1. The zero-order valence-corrected chi connectivity index (χ0v) is 15.7. The van der Waals surface area contributed by atoms with E-state index in [2.05, 4.69) is 5.32 Å². The Labute approximate surface area is 155 Å². The molecule has 0 radical (unpaired) electrons. The third-order valence-corrected chi connectivity index (χ3v) is 4.11. The van der Waals surface area contributed by atoms with Crippen molar-refractivity contribution in [1.82, 2.24) is 5.32 Å². The third kappa shape index (κ3) is 5.69. The SMILES string of the molecule is CC[C@@H](NC(=O)CCCOc1ccccc1)c1ccc(OC)c(OC)c1. The molecule has 0 fully saturated rings. The van der Waals surface area contributed by atoms with E-state index in [1.807, 2.05) is 55.5 Å². The summed E-state index contributed by atoms with van der Waals surface area (Å²) in [5.74, 6) is 2.18. The molecule has 2 aromatic carbocycles. The summed E-state index contributed by atoms with van der Waals surface area (Å²) >= 11 is 0. The van der Waals surface area contributed by atoms with Gasteiger partial charge in [-0.15, -0.1) is 0 Å². The fourth-order valence-corrected chi connectivity index (χ4v) is 2.70. The fraction of sp³-hybridized carbons (Fsp3) is 0.381. The first-order valence-corrected chi connectivity index (χ1v) is 8.87. The van der Waals surface area contributed by atoms with Crippen molar-refractivity contribution in [1.29, 1.82) is 0 Å². The summed E-state index contributed by atoms with van der Waals surface area (Å²) in [7, 11) is 3.21. The molecule has 0 aliphatic carbocycles. The highest BCUT2D eigenvalue weighted by Gasteiger charge is 2.15. The van der Waals surface area contributed by atoms with E-state index in [0.717, 1.165) is 17.7 Å². The van der Waals surface area contributed by atoms with Crippen LogP contribution in [0.3, 0.4) is 0 Å². The molecular weight excluding hydrogens is 330 g/mol. The fourth-order valence-electron chi connectivity index (χ4n) is 2.70. The van der Waals surface area contributed by atoms with Crippen LogP contribution in [0, 0.1) is 0 Å². The lowest BCUT2D eigenvalue weighted by atomic mass is 10.0. The minimum Gasteiger partial charge on any atom is -0.494 e. The van der Waals surface area contributed by atoms with Gasteiger partial charge in [0, 0.05) is 6.42 Å². The van der Waals surface area contributed by atoms with Gasteiger partial charge in [-0.25, -0.2) is 0 Å². The minimum atomic E-state index is -0.0580. The van der Waals surface area contributed by atoms with Crippen molar-refractivity contribution in [2.24, 2.45) is 0 Å². The standard InChI is InChI=1S/C21H27NO4/c1-4-18(16-12-13-19(24-2)20(15-16)25-3)22-21(23)11-8-14-26-17-9-6-5-7-10-17/h5-7,9-10,12-13,15,18H,4,8,11,14H2,1-3H3,(H,22,23)/t18-/m1/s1. The number of methoxy groups -OCH3 is 2. The Morgan fingerprint density at radius 3 is 2.42 bits per heavy atom. The van der Waals surface area contributed by atoms with Crippen molar-refractivity contribution < 1.29 is 19.0 Å². The molecule has 1 N–H and O–H groups in total. The minimum absolute atomic E-state index is 0.0169. The Balaban J connectivity index is 1.84. The molecule has 0 bridgehead atoms. The molecule has 5 heteroatoms. The largest absolute Gasteiger partial charge is 0.494 e. The molecular formula is C21H27NO4. The monoisotopic (exact) mass is 357 g/mol. The van der Waals surface area contributed by atoms with E-state index in [1.165, 1.54) is 0 Å². The summed E-state index contributed by atoms with van der Waals surface area (Å²) in [6.45, 7) is 2.56. The van der Waals surface area contributed by atoms with Crippen molar-refractivity contribution >= 4 is 5.91 Å². The highest BCUT2D eigenvalue weighted by atomic mass is 16.5. The molecule has 2 rings (SSSR count). The highest BCUT2D eigenvalue weighted by Crippen LogP contribution is 2.30. The Morgan fingerprint density at radius 1 is 1.04 bits per heavy atom. The molecule has 0 aromatic heterocycles. The van der Waals surface area contributed by atoms with Gasteiger partial charge in [0.15, 0.2) is 11.5 Å². The lowest BCUT2D eigenvalue weighted by Crippen LogP contribution is -2.28. The van der Waals surface area contributed by atoms with Crippen LogP contribution in [0.25, 0.3) is 0 Å². The van der Waals surface area contributed by atoms with Crippen LogP contribution in [-0.2, 0) is 4.79 Å². The summed E-state index contributed by atoms with van der Waals surface area (Å²) in [5, 5.41) is 3.08. The van der Waals surface area contributed by atoms with E-state index in [4.69, 9.17) is 14.2 Å². The lowest BCUT2D eigenvalue weighted by molar-refractivity contribution is -0.122. The zero-order chi connectivity index (χ0) is 18.8. The van der Waals surface area contributed by atoms with Crippen molar-refractivity contribution in [2.75, 3.05) is 20.8 Å². The van der Waals surface area contributed by atoms with E-state index in [1.54, 1.807) is 14.2 Å². The predicted octanol–water partition coefficient (Wildman–Crippen LogP) is 4.13. The van der Waals surface area contributed by atoms with Gasteiger partial charge in [0.25, 0.3) is 0 Å². The predicted molar refractivity (Wildman–Crippen MR) is 102 cm³/mol. The number of benzene rings is 2. The van der Waals surface area contributed by atoms with Crippen LogP contribution in [0.1, 0.15) is 37.8 Å². The molecule has 1 amide bonds. The zero-order valence-electron chi connectivity index (χ0n) is 15.7. The van der Waals surface area contributed by atoms with Gasteiger partial charge in [0.2, 0.25) is 5.91 Å². The molecule has 140 valence electrons. The average molecular weight is 357 g/mol. The van der Waals surface area contributed by atoms with Gasteiger partial charge in [-0.05, 0) is 42.7 Å². The van der Waals surface area contributed by atoms with Gasteiger partial charge in [-0.2, -0.15) is 0 Å². The number of amides is 1. The maximum atomic E-state index is 12.3. The van der Waals surface area contributed by atoms with Crippen molar-refractivity contribution in [3.8, 4) is 17.2 Å². The second kappa shape index (κ2) is 10.3. The van der Waals surface area contributed by atoms with Crippen molar-refractivity contribution in [2.45, 2.75) is 32.2 Å². The molecule has 0 saturated heterocycles. The van der Waals surface area contributed by atoms with Crippen LogP contribution in [0.4, 0.5) is 0 Å². The molecule has 0 aliphatic heterocycles. The molecule has 0 saturated carbocycles. The summed E-state index contributed by atoms with van der Waals surface area (Å²) in [4.78, 5) is 12.3. The number of para-hydroxylation sites is 1. The highest BCUT2D eigenvalue weighted by molar-refractivity contribution is 5.76. The quantitative estimate of drug-likeness (QED) is 0.650. The third-order valence-electron chi connectivity index (χ3n) is 4.11. The summed E-state index contributed by atoms with van der Waals surface area (Å²) in [6, 6.07) is 15.3. The molecule has 2 aromatic rings. The molecule has 0 heterocycles. The maximum absolute atomic E-state index is 12.3. The Bertz CT molecular complexity index is 688. The molecule has 1 atom stereocenters. The van der Waals surface area contributed by atoms with E-state index >= 15 is 0 Å². The van der Waals surface area contributed by atoms with E-state index in [-0.39, 0.29) is 11.9 Å². The van der Waals surface area contributed by atoms with Crippen molar-refractivity contribution in [3.63, 3.8) is 0 Å². The van der Waals surface area contributed by atoms with E-state index in [9.17, 15) is 4.79 Å². The van der Waals surface area contributed by atoms with Crippen LogP contribution in [0.5, 0.6) is 17.2 Å². The number of rotatable bonds is 10. The number of hydrogen-bond acceptors (Lipinski definition) is 4. The first-order valence-electron chi connectivity index (χ1n) is 8.87. The van der Waals surface area contributed by atoms with E-state index in [0.29, 0.717) is 30.9 Å². The van der Waals surface area contributed by atoms with Gasteiger partial charge in [0.1, 0.15) is 5.75 Å². The molecule has 0 aliphatic rings. The lowest BCUT2D eigenvalue weighted by Gasteiger charge is -2.19. The van der Waals surface area contributed by atoms with Gasteiger partial charge < -0.3 is 19.5 Å². The number of nitrogens with one attached hydrogen (secondary N) is 1. The van der Waals surface area contributed by atoms with Crippen LogP contribution in [-0.4, -0.2) is 26.7 Å². The van der Waals surface area contributed by atoms with E-state index < -0.39 is 0 Å². The van der Waals surface area contributed by atoms with Crippen LogP contribution < -0.4 is 19.5 Å². The molecule has 5 nitrogen and oxygen atoms in total. The van der Waals surface area contributed by atoms with Gasteiger partial charge in [0.05, 0.1) is 26.9 Å². The molecule has 0 unspecified atom stereocenters. The Hall–Kier alpha value is -2.69. The maximum Gasteiger partial charge on any atom is 0.220 e. The summed E-state index contributed by atoms with van der Waals surface area (Å²) in [5.41, 5.74) is 0.999. The second-order valence-corrected chi connectivity index (χ2v) is 5.91. The first kappa shape index (κ1) is 19.6. The van der Waals surface area contributed by atoms with Crippen LogP contribution in [0.2, 0.25) is 0 Å². The van der Waals surface area contributed by atoms with Crippen molar-refractivity contribution in [3.05, 3.63) is 54.1 Å². The number of ether oxygens (including phenoxy) is 3. The average Bonchev–Trinajstić information content (AvgIpc) is 2.69. The van der Waals surface area contributed by atoms with Crippen LogP contribution >= 0.6 is 0 Å².